The number of halogens is 3. The summed E-state index contributed by atoms with van der Waals surface area (Å²) in [6.07, 6.45) is 0.669. The van der Waals surface area contributed by atoms with Gasteiger partial charge in [-0.1, -0.05) is 12.1 Å². The largest absolute Gasteiger partial charge is 0.518 e. The Morgan fingerprint density at radius 2 is 1.67 bits per heavy atom. The Hall–Kier alpha value is -1.57. The van der Waals surface area contributed by atoms with Crippen molar-refractivity contribution in [3.8, 4) is 0 Å². The molecule has 0 saturated carbocycles. The lowest BCUT2D eigenvalue weighted by Crippen LogP contribution is -2.20. The average molecular weight is 280 g/mol. The Bertz CT molecular complexity index is 533. The second-order valence-electron chi connectivity index (χ2n) is 3.64. The summed E-state index contributed by atoms with van der Waals surface area (Å²) < 4.78 is 59.9. The summed E-state index contributed by atoms with van der Waals surface area (Å²) >= 11 is 0. The van der Waals surface area contributed by atoms with E-state index in [4.69, 9.17) is 0 Å². The quantitative estimate of drug-likeness (QED) is 0.796. The van der Waals surface area contributed by atoms with Gasteiger partial charge in [-0.15, -0.1) is 0 Å². The van der Waals surface area contributed by atoms with Crippen molar-refractivity contribution in [3.05, 3.63) is 29.8 Å². The van der Waals surface area contributed by atoms with Gasteiger partial charge in [-0.05, 0) is 17.7 Å². The van der Waals surface area contributed by atoms with E-state index in [-0.39, 0.29) is 5.56 Å². The maximum atomic E-state index is 12.0. The van der Waals surface area contributed by atoms with E-state index in [9.17, 15) is 21.6 Å². The fraction of sp³-hybridized carbons (Fsp3) is 0.300. The molecule has 0 radical (unpaired) electrons. The lowest BCUT2D eigenvalue weighted by atomic mass is 10.2. The molecule has 0 aliphatic carbocycles. The second-order valence-corrected chi connectivity index (χ2v) is 5.27. The van der Waals surface area contributed by atoms with Gasteiger partial charge in [-0.2, -0.15) is 26.0 Å². The highest BCUT2D eigenvalue weighted by atomic mass is 32.2. The zero-order valence-electron chi connectivity index (χ0n) is 9.64. The lowest BCUT2D eigenvalue weighted by Gasteiger charge is -2.11. The van der Waals surface area contributed by atoms with E-state index in [0.717, 1.165) is 5.69 Å². The number of benzene rings is 1. The van der Waals surface area contributed by atoms with Crippen LogP contribution in [0.3, 0.4) is 0 Å². The van der Waals surface area contributed by atoms with Gasteiger partial charge in [-0.25, -0.2) is 0 Å². The van der Waals surface area contributed by atoms with Crippen LogP contribution in [0.15, 0.2) is 28.7 Å². The maximum absolute atomic E-state index is 12.0. The van der Waals surface area contributed by atoms with E-state index >= 15 is 0 Å². The number of alkyl halides is 3. The van der Waals surface area contributed by atoms with Gasteiger partial charge in [0.1, 0.15) is 0 Å². The Morgan fingerprint density at radius 1 is 1.17 bits per heavy atom. The van der Waals surface area contributed by atoms with Crippen molar-refractivity contribution in [2.75, 3.05) is 19.0 Å². The minimum atomic E-state index is -5.46. The third-order valence-electron chi connectivity index (χ3n) is 2.04. The van der Waals surface area contributed by atoms with Crippen molar-refractivity contribution in [2.45, 2.75) is 5.51 Å². The van der Waals surface area contributed by atoms with Gasteiger partial charge in [0.15, 0.2) is 0 Å². The first-order chi connectivity index (χ1) is 8.13. The molecule has 0 aliphatic rings. The molecule has 0 saturated heterocycles. The first kappa shape index (κ1) is 14.5. The van der Waals surface area contributed by atoms with Gasteiger partial charge in [0, 0.05) is 26.0 Å². The van der Waals surface area contributed by atoms with Crippen molar-refractivity contribution in [2.24, 2.45) is 4.40 Å². The highest BCUT2D eigenvalue weighted by Crippen LogP contribution is 2.24. The van der Waals surface area contributed by atoms with E-state index in [0.29, 0.717) is 6.21 Å². The van der Waals surface area contributed by atoms with Crippen LogP contribution in [0.25, 0.3) is 0 Å². The standard InChI is InChI=1S/C10H11F3N2O2S/c1-15(2)9-5-3-8(4-6-9)7-14-18(16,17)10(11,12)13/h3-7H,1-2H3/b14-7+. The number of rotatable bonds is 3. The minimum Gasteiger partial charge on any atom is -0.378 e. The fourth-order valence-electron chi connectivity index (χ4n) is 1.05. The minimum absolute atomic E-state index is 0.272. The summed E-state index contributed by atoms with van der Waals surface area (Å²) in [6.45, 7) is 0. The molecule has 0 unspecified atom stereocenters. The summed E-state index contributed by atoms with van der Waals surface area (Å²) in [4.78, 5) is 1.80. The Labute approximate surface area is 103 Å². The predicted octanol–water partition coefficient (Wildman–Crippen LogP) is 2.02. The third-order valence-corrected chi connectivity index (χ3v) is 3.01. The smallest absolute Gasteiger partial charge is 0.378 e. The van der Waals surface area contributed by atoms with Crippen LogP contribution in [-0.2, 0) is 10.0 Å². The summed E-state index contributed by atoms with van der Waals surface area (Å²) in [7, 11) is -1.86. The van der Waals surface area contributed by atoms with E-state index in [2.05, 4.69) is 4.40 Å². The number of anilines is 1. The molecule has 0 amide bonds. The van der Waals surface area contributed by atoms with Gasteiger partial charge in [-0.3, -0.25) is 0 Å². The highest BCUT2D eigenvalue weighted by Gasteiger charge is 2.45. The molecule has 0 heterocycles. The topological polar surface area (TPSA) is 49.7 Å². The SMILES string of the molecule is CN(C)c1ccc(/C=N/S(=O)(=O)C(F)(F)F)cc1. The molecule has 0 atom stereocenters. The fourth-order valence-corrected chi connectivity index (χ4v) is 1.43. The van der Waals surface area contributed by atoms with Gasteiger partial charge in [0.05, 0.1) is 0 Å². The van der Waals surface area contributed by atoms with Crippen molar-refractivity contribution in [1.29, 1.82) is 0 Å². The van der Waals surface area contributed by atoms with Crippen molar-refractivity contribution >= 4 is 21.9 Å². The number of nitrogens with zero attached hydrogens (tertiary/aromatic N) is 2. The molecule has 1 aromatic rings. The first-order valence-corrected chi connectivity index (χ1v) is 6.21. The van der Waals surface area contributed by atoms with Crippen molar-refractivity contribution < 1.29 is 21.6 Å². The van der Waals surface area contributed by atoms with Gasteiger partial charge < -0.3 is 4.90 Å². The van der Waals surface area contributed by atoms with Gasteiger partial charge in [0.25, 0.3) is 0 Å². The molecule has 0 aliphatic heterocycles. The molecule has 0 aromatic heterocycles. The van der Waals surface area contributed by atoms with Gasteiger partial charge >= 0.3 is 15.5 Å². The Balaban J connectivity index is 2.93. The van der Waals surface area contributed by atoms with Crippen molar-refractivity contribution in [1.82, 2.24) is 0 Å². The van der Waals surface area contributed by atoms with Crippen LogP contribution in [0, 0.1) is 0 Å². The van der Waals surface area contributed by atoms with Gasteiger partial charge in [0.2, 0.25) is 0 Å². The Kier molecular flexibility index (Phi) is 4.00. The molecule has 100 valence electrons. The van der Waals surface area contributed by atoms with Crippen LogP contribution in [-0.4, -0.2) is 34.2 Å². The van der Waals surface area contributed by atoms with Crippen LogP contribution >= 0.6 is 0 Å². The zero-order valence-corrected chi connectivity index (χ0v) is 10.5. The van der Waals surface area contributed by atoms with Crippen LogP contribution in [0.4, 0.5) is 18.9 Å². The molecular formula is C10H11F3N2O2S. The average Bonchev–Trinajstić information content (AvgIpc) is 2.25. The number of hydrogen-bond acceptors (Lipinski definition) is 3. The van der Waals surface area contributed by atoms with Crippen LogP contribution in [0.1, 0.15) is 5.56 Å². The van der Waals surface area contributed by atoms with Crippen LogP contribution < -0.4 is 4.90 Å². The molecule has 0 fully saturated rings. The monoisotopic (exact) mass is 280 g/mol. The summed E-state index contributed by atoms with van der Waals surface area (Å²) in [6, 6.07) is 6.23. The molecular weight excluding hydrogens is 269 g/mol. The molecule has 18 heavy (non-hydrogen) atoms. The third kappa shape index (κ3) is 3.46. The maximum Gasteiger partial charge on any atom is 0.518 e. The Morgan fingerprint density at radius 3 is 2.06 bits per heavy atom. The summed E-state index contributed by atoms with van der Waals surface area (Å²) in [5.74, 6) is 0. The normalized spacial score (nSPS) is 12.9. The van der Waals surface area contributed by atoms with E-state index in [1.807, 2.05) is 0 Å². The molecule has 1 aromatic carbocycles. The van der Waals surface area contributed by atoms with Crippen molar-refractivity contribution in [3.63, 3.8) is 0 Å². The highest BCUT2D eigenvalue weighted by molar-refractivity contribution is 7.91. The molecule has 0 spiro atoms. The molecule has 4 nitrogen and oxygen atoms in total. The molecule has 0 N–H and O–H groups in total. The predicted molar refractivity (Wildman–Crippen MR) is 63.3 cm³/mol. The molecule has 1 rings (SSSR count). The van der Waals surface area contributed by atoms with E-state index in [1.54, 1.807) is 31.1 Å². The van der Waals surface area contributed by atoms with Crippen LogP contribution in [0.5, 0.6) is 0 Å². The first-order valence-electron chi connectivity index (χ1n) is 4.77. The van der Waals surface area contributed by atoms with E-state index < -0.39 is 15.5 Å². The number of hydrogen-bond donors (Lipinski definition) is 0. The number of sulfonamides is 1. The lowest BCUT2D eigenvalue weighted by molar-refractivity contribution is -0.0435. The molecule has 8 heteroatoms. The summed E-state index contributed by atoms with van der Waals surface area (Å²) in [5.41, 5.74) is -4.26. The summed E-state index contributed by atoms with van der Waals surface area (Å²) in [5, 5.41) is 0. The molecule has 0 bridgehead atoms. The van der Waals surface area contributed by atoms with Crippen LogP contribution in [0.2, 0.25) is 0 Å². The zero-order chi connectivity index (χ0) is 14.0. The van der Waals surface area contributed by atoms with E-state index in [1.165, 1.54) is 12.1 Å². The second kappa shape index (κ2) is 4.97.